The number of aromatic nitrogens is 2. The number of piperidine rings is 1. The van der Waals surface area contributed by atoms with Crippen molar-refractivity contribution < 1.29 is 4.79 Å². The van der Waals surface area contributed by atoms with Crippen LogP contribution in [0.3, 0.4) is 0 Å². The Morgan fingerprint density at radius 2 is 2.09 bits per heavy atom. The number of likely N-dealkylation sites (N-methyl/N-ethyl adjacent to an activating group) is 1. The zero-order valence-corrected chi connectivity index (χ0v) is 13.9. The van der Waals surface area contributed by atoms with E-state index >= 15 is 0 Å². The second-order valence-corrected chi connectivity index (χ2v) is 6.72. The minimum Gasteiger partial charge on any atom is -0.367 e. The van der Waals surface area contributed by atoms with E-state index in [4.69, 9.17) is 0 Å². The summed E-state index contributed by atoms with van der Waals surface area (Å²) in [6.45, 7) is 3.19. The quantitative estimate of drug-likeness (QED) is 0.917. The molecule has 1 aromatic rings. The number of hydrogen-bond donors (Lipinski definition) is 1. The van der Waals surface area contributed by atoms with Crippen molar-refractivity contribution in [2.45, 2.75) is 50.6 Å². The first-order valence-corrected chi connectivity index (χ1v) is 8.73. The fraction of sp³-hybridized carbons (Fsp3) is 0.706. The van der Waals surface area contributed by atoms with Crippen molar-refractivity contribution in [3.8, 4) is 0 Å². The van der Waals surface area contributed by atoms with Crippen molar-refractivity contribution in [3.05, 3.63) is 18.6 Å². The summed E-state index contributed by atoms with van der Waals surface area (Å²) in [6.07, 6.45) is 9.67. The molecule has 0 radical (unpaired) electrons. The highest BCUT2D eigenvalue weighted by Crippen LogP contribution is 2.20. The molecule has 0 aromatic carbocycles. The number of amides is 1. The maximum atomic E-state index is 12.0. The molecule has 0 spiro atoms. The lowest BCUT2D eigenvalue weighted by molar-refractivity contribution is -0.131. The molecule has 3 heterocycles. The monoisotopic (exact) mass is 317 g/mol. The molecule has 0 saturated carbocycles. The van der Waals surface area contributed by atoms with Gasteiger partial charge in [-0.05, 0) is 31.7 Å². The molecule has 126 valence electrons. The molecule has 1 atom stereocenters. The Bertz CT molecular complexity index is 501. The molecule has 6 heteroatoms. The van der Waals surface area contributed by atoms with Crippen LogP contribution in [0.5, 0.6) is 0 Å². The Labute approximate surface area is 138 Å². The topological polar surface area (TPSA) is 61.4 Å². The molecule has 1 amide bonds. The number of anilines is 1. The van der Waals surface area contributed by atoms with Crippen molar-refractivity contribution >= 4 is 11.7 Å². The van der Waals surface area contributed by atoms with Crippen LogP contribution < -0.4 is 5.32 Å². The molecular formula is C17H27N5O. The van der Waals surface area contributed by atoms with E-state index in [1.807, 2.05) is 18.0 Å². The molecule has 2 aliphatic heterocycles. The van der Waals surface area contributed by atoms with Crippen molar-refractivity contribution in [1.29, 1.82) is 0 Å². The number of likely N-dealkylation sites (tertiary alicyclic amines) is 2. The van der Waals surface area contributed by atoms with Gasteiger partial charge in [0, 0.05) is 51.4 Å². The minimum absolute atomic E-state index is 0.313. The summed E-state index contributed by atoms with van der Waals surface area (Å²) in [6, 6.07) is 2.78. The number of nitrogens with one attached hydrogen (secondary N) is 1. The lowest BCUT2D eigenvalue weighted by atomic mass is 10.0. The van der Waals surface area contributed by atoms with Crippen LogP contribution in [0.25, 0.3) is 0 Å². The maximum Gasteiger partial charge on any atom is 0.222 e. The van der Waals surface area contributed by atoms with Crippen LogP contribution in [-0.2, 0) is 4.79 Å². The first kappa shape index (κ1) is 16.2. The zero-order chi connectivity index (χ0) is 16.1. The Balaban J connectivity index is 1.46. The second kappa shape index (κ2) is 7.73. The standard InChI is InChI=1S/C17H27N5O/c1-21-15(4-2-3-5-17(21)23)12-22-10-7-14(8-11-22)20-16-6-9-18-13-19-16/h6,9,13-15H,2-5,7-8,10-12H2,1H3,(H,18,19,20). The zero-order valence-electron chi connectivity index (χ0n) is 13.9. The summed E-state index contributed by atoms with van der Waals surface area (Å²) in [5.41, 5.74) is 0. The summed E-state index contributed by atoms with van der Waals surface area (Å²) in [5.74, 6) is 1.22. The third kappa shape index (κ3) is 4.41. The number of hydrogen-bond acceptors (Lipinski definition) is 5. The van der Waals surface area contributed by atoms with Crippen molar-refractivity contribution in [3.63, 3.8) is 0 Å². The molecule has 1 unspecified atom stereocenters. The third-order valence-corrected chi connectivity index (χ3v) is 5.11. The van der Waals surface area contributed by atoms with E-state index in [9.17, 15) is 4.79 Å². The average Bonchev–Trinajstić information content (AvgIpc) is 2.73. The van der Waals surface area contributed by atoms with Gasteiger partial charge in [-0.1, -0.05) is 6.42 Å². The third-order valence-electron chi connectivity index (χ3n) is 5.11. The molecule has 1 aromatic heterocycles. The summed E-state index contributed by atoms with van der Waals surface area (Å²) in [7, 11) is 1.97. The lowest BCUT2D eigenvalue weighted by Crippen LogP contribution is -2.47. The van der Waals surface area contributed by atoms with Crippen LogP contribution in [0.15, 0.2) is 18.6 Å². The van der Waals surface area contributed by atoms with Crippen LogP contribution in [-0.4, -0.2) is 64.4 Å². The van der Waals surface area contributed by atoms with E-state index in [1.165, 1.54) is 6.42 Å². The highest BCUT2D eigenvalue weighted by Gasteiger charge is 2.27. The van der Waals surface area contributed by atoms with Crippen molar-refractivity contribution in [1.82, 2.24) is 19.8 Å². The predicted octanol–water partition coefficient (Wildman–Crippen LogP) is 1.75. The normalized spacial score (nSPS) is 24.5. The Morgan fingerprint density at radius 3 is 2.83 bits per heavy atom. The number of carbonyl (C=O) groups is 1. The van der Waals surface area contributed by atoms with Gasteiger partial charge in [0.2, 0.25) is 5.91 Å². The molecule has 3 rings (SSSR count). The van der Waals surface area contributed by atoms with Crippen LogP contribution in [0.2, 0.25) is 0 Å². The average molecular weight is 317 g/mol. The summed E-state index contributed by atoms with van der Waals surface area (Å²) < 4.78 is 0. The van der Waals surface area contributed by atoms with Crippen molar-refractivity contribution in [2.75, 3.05) is 32.0 Å². The van der Waals surface area contributed by atoms with Gasteiger partial charge in [-0.2, -0.15) is 0 Å². The van der Waals surface area contributed by atoms with Gasteiger partial charge in [0.15, 0.2) is 0 Å². The van der Waals surface area contributed by atoms with E-state index in [0.29, 0.717) is 18.0 Å². The van der Waals surface area contributed by atoms with Crippen LogP contribution in [0.4, 0.5) is 5.82 Å². The van der Waals surface area contributed by atoms with Gasteiger partial charge in [0.1, 0.15) is 12.1 Å². The van der Waals surface area contributed by atoms with Gasteiger partial charge in [-0.3, -0.25) is 4.79 Å². The molecule has 6 nitrogen and oxygen atoms in total. The van der Waals surface area contributed by atoms with Gasteiger partial charge in [-0.15, -0.1) is 0 Å². The van der Waals surface area contributed by atoms with E-state index in [1.54, 1.807) is 12.5 Å². The van der Waals surface area contributed by atoms with Gasteiger partial charge >= 0.3 is 0 Å². The SMILES string of the molecule is CN1C(=O)CCCCC1CN1CCC(Nc2ccncn2)CC1. The first-order chi connectivity index (χ1) is 11.2. The maximum absolute atomic E-state index is 12.0. The Morgan fingerprint density at radius 1 is 1.26 bits per heavy atom. The van der Waals surface area contributed by atoms with Gasteiger partial charge < -0.3 is 15.1 Å². The fourth-order valence-electron chi connectivity index (χ4n) is 3.59. The molecule has 23 heavy (non-hydrogen) atoms. The van der Waals surface area contributed by atoms with Crippen LogP contribution >= 0.6 is 0 Å². The lowest BCUT2D eigenvalue weighted by Gasteiger charge is -2.36. The smallest absolute Gasteiger partial charge is 0.222 e. The largest absolute Gasteiger partial charge is 0.367 e. The molecule has 0 bridgehead atoms. The van der Waals surface area contributed by atoms with Gasteiger partial charge in [0.05, 0.1) is 0 Å². The number of nitrogens with zero attached hydrogens (tertiary/aromatic N) is 4. The molecule has 0 aliphatic carbocycles. The number of rotatable bonds is 4. The van der Waals surface area contributed by atoms with Gasteiger partial charge in [0.25, 0.3) is 0 Å². The highest BCUT2D eigenvalue weighted by molar-refractivity contribution is 5.76. The summed E-state index contributed by atoms with van der Waals surface area (Å²) in [5, 5.41) is 3.49. The van der Waals surface area contributed by atoms with Crippen LogP contribution in [0, 0.1) is 0 Å². The van der Waals surface area contributed by atoms with E-state index in [-0.39, 0.29) is 0 Å². The second-order valence-electron chi connectivity index (χ2n) is 6.72. The fourth-order valence-corrected chi connectivity index (χ4v) is 3.59. The van der Waals surface area contributed by atoms with Crippen molar-refractivity contribution in [2.24, 2.45) is 0 Å². The molecule has 2 saturated heterocycles. The summed E-state index contributed by atoms with van der Waals surface area (Å²) >= 11 is 0. The van der Waals surface area contributed by atoms with Gasteiger partial charge in [-0.25, -0.2) is 9.97 Å². The Kier molecular flexibility index (Phi) is 5.43. The number of carbonyl (C=O) groups excluding carboxylic acids is 1. The molecule has 2 fully saturated rings. The van der Waals surface area contributed by atoms with E-state index in [2.05, 4.69) is 20.2 Å². The Hall–Kier alpha value is -1.69. The molecule has 1 N–H and O–H groups in total. The summed E-state index contributed by atoms with van der Waals surface area (Å²) in [4.78, 5) is 24.7. The van der Waals surface area contributed by atoms with E-state index < -0.39 is 0 Å². The predicted molar refractivity (Wildman–Crippen MR) is 90.1 cm³/mol. The first-order valence-electron chi connectivity index (χ1n) is 8.73. The van der Waals surface area contributed by atoms with Crippen LogP contribution in [0.1, 0.15) is 38.5 Å². The minimum atomic E-state index is 0.313. The molecular weight excluding hydrogens is 290 g/mol. The molecule has 2 aliphatic rings. The highest BCUT2D eigenvalue weighted by atomic mass is 16.2. The van der Waals surface area contributed by atoms with E-state index in [0.717, 1.165) is 57.6 Å².